The Balaban J connectivity index is 1.60. The predicted octanol–water partition coefficient (Wildman–Crippen LogP) is 7.00. The molecule has 0 aliphatic rings. The van der Waals surface area contributed by atoms with Crippen molar-refractivity contribution in [1.29, 1.82) is 0 Å². The van der Waals surface area contributed by atoms with Gasteiger partial charge in [0.05, 0.1) is 24.2 Å². The first-order valence-corrected chi connectivity index (χ1v) is 14.0. The van der Waals surface area contributed by atoms with Crippen LogP contribution in [0.3, 0.4) is 0 Å². The summed E-state index contributed by atoms with van der Waals surface area (Å²) in [7, 11) is 1.50. The maximum atomic E-state index is 13.4. The van der Waals surface area contributed by atoms with Crippen molar-refractivity contribution >= 4 is 72.2 Å². The number of carbonyl (C=O) groups is 1. The molecule has 39 heavy (non-hydrogen) atoms. The minimum atomic E-state index is -0.339. The number of carbonyl (C=O) groups excluding carboxylic acids is 1. The lowest BCUT2D eigenvalue weighted by Gasteiger charge is -2.15. The molecule has 1 N–H and O–H groups in total. The summed E-state index contributed by atoms with van der Waals surface area (Å²) in [6, 6.07) is 15.6. The standard InChI is InChI=1S/C28H25Br2ClN4O4/c1-4-16(2)27-34-23-10-5-18(29)12-21(23)28(37)35(27)32-14-17-11-24(38-3)25(13-22(17)30)39-15-26(36)33-20-8-6-19(31)7-9-20/h5-14,16H,4,15H2,1-3H3,(H,33,36)/t16-/m0/s1. The molecule has 3 aromatic carbocycles. The number of hydrogen-bond acceptors (Lipinski definition) is 6. The molecule has 202 valence electrons. The van der Waals surface area contributed by atoms with Gasteiger partial charge in [0.2, 0.25) is 0 Å². The van der Waals surface area contributed by atoms with Crippen LogP contribution in [0.15, 0.2) is 73.4 Å². The number of benzene rings is 3. The lowest BCUT2D eigenvalue weighted by atomic mass is 10.1. The summed E-state index contributed by atoms with van der Waals surface area (Å²) < 4.78 is 14.0. The highest BCUT2D eigenvalue weighted by atomic mass is 79.9. The normalized spacial score (nSPS) is 12.1. The first-order valence-electron chi connectivity index (χ1n) is 12.0. The molecule has 0 fully saturated rings. The number of halogens is 3. The number of anilines is 1. The molecule has 1 aromatic heterocycles. The number of ether oxygens (including phenoxy) is 2. The number of rotatable bonds is 9. The first-order chi connectivity index (χ1) is 18.7. The van der Waals surface area contributed by atoms with Crippen molar-refractivity contribution in [2.45, 2.75) is 26.2 Å². The minimum Gasteiger partial charge on any atom is -0.493 e. The number of methoxy groups -OCH3 is 1. The van der Waals surface area contributed by atoms with E-state index in [9.17, 15) is 9.59 Å². The van der Waals surface area contributed by atoms with E-state index in [0.717, 1.165) is 10.9 Å². The summed E-state index contributed by atoms with van der Waals surface area (Å²) in [6.07, 6.45) is 2.35. The number of fused-ring (bicyclic) bond motifs is 1. The van der Waals surface area contributed by atoms with Gasteiger partial charge in [0, 0.05) is 31.1 Å². The second-order valence-corrected chi connectivity index (χ2v) is 10.9. The van der Waals surface area contributed by atoms with Gasteiger partial charge < -0.3 is 14.8 Å². The van der Waals surface area contributed by atoms with Crippen LogP contribution in [0, 0.1) is 0 Å². The highest BCUT2D eigenvalue weighted by Gasteiger charge is 2.16. The maximum absolute atomic E-state index is 13.4. The number of aromatic nitrogens is 2. The molecule has 0 unspecified atom stereocenters. The smallest absolute Gasteiger partial charge is 0.282 e. The molecule has 1 atom stereocenters. The molecule has 0 bridgehead atoms. The molecule has 0 saturated carbocycles. The van der Waals surface area contributed by atoms with Crippen LogP contribution in [0.25, 0.3) is 10.9 Å². The van der Waals surface area contributed by atoms with E-state index in [2.05, 4.69) is 42.3 Å². The van der Waals surface area contributed by atoms with Crippen molar-refractivity contribution in [3.8, 4) is 11.5 Å². The lowest BCUT2D eigenvalue weighted by molar-refractivity contribution is -0.118. The Morgan fingerprint density at radius 3 is 2.59 bits per heavy atom. The molecule has 8 nitrogen and oxygen atoms in total. The van der Waals surface area contributed by atoms with Crippen LogP contribution in [0.5, 0.6) is 11.5 Å². The van der Waals surface area contributed by atoms with Crippen LogP contribution < -0.4 is 20.3 Å². The number of amides is 1. The van der Waals surface area contributed by atoms with Crippen molar-refractivity contribution in [2.75, 3.05) is 19.0 Å². The summed E-state index contributed by atoms with van der Waals surface area (Å²) in [6.45, 7) is 3.81. The molecule has 4 rings (SSSR count). The summed E-state index contributed by atoms with van der Waals surface area (Å²) in [4.78, 5) is 30.5. The fourth-order valence-corrected chi connectivity index (χ4v) is 4.61. The third kappa shape index (κ3) is 6.87. The summed E-state index contributed by atoms with van der Waals surface area (Å²) in [5.74, 6) is 1.00. The first kappa shape index (κ1) is 28.8. The molecular weight excluding hydrogens is 652 g/mol. The van der Waals surface area contributed by atoms with Gasteiger partial charge in [-0.05, 0) is 76.9 Å². The fourth-order valence-electron chi connectivity index (χ4n) is 3.69. The highest BCUT2D eigenvalue weighted by molar-refractivity contribution is 9.10. The second-order valence-electron chi connectivity index (χ2n) is 8.67. The maximum Gasteiger partial charge on any atom is 0.282 e. The third-order valence-corrected chi connectivity index (χ3v) is 7.40. The Labute approximate surface area is 247 Å². The van der Waals surface area contributed by atoms with Crippen LogP contribution in [0.4, 0.5) is 5.69 Å². The zero-order valence-corrected chi connectivity index (χ0v) is 25.3. The molecule has 0 aliphatic carbocycles. The Morgan fingerprint density at radius 1 is 1.15 bits per heavy atom. The van der Waals surface area contributed by atoms with Crippen molar-refractivity contribution in [3.63, 3.8) is 0 Å². The average Bonchev–Trinajstić information content (AvgIpc) is 2.93. The van der Waals surface area contributed by atoms with Crippen LogP contribution in [-0.2, 0) is 4.79 Å². The lowest BCUT2D eigenvalue weighted by Crippen LogP contribution is -2.23. The number of nitrogens with one attached hydrogen (secondary N) is 1. The largest absolute Gasteiger partial charge is 0.493 e. The molecule has 0 aliphatic heterocycles. The molecule has 11 heteroatoms. The summed E-state index contributed by atoms with van der Waals surface area (Å²) >= 11 is 12.8. The Hall–Kier alpha value is -3.21. The van der Waals surface area contributed by atoms with Gasteiger partial charge in [-0.1, -0.05) is 41.4 Å². The van der Waals surface area contributed by atoms with E-state index in [4.69, 9.17) is 26.1 Å². The van der Waals surface area contributed by atoms with E-state index < -0.39 is 0 Å². The minimum absolute atomic E-state index is 0.00988. The highest BCUT2D eigenvalue weighted by Crippen LogP contribution is 2.33. The number of hydrogen-bond donors (Lipinski definition) is 1. The summed E-state index contributed by atoms with van der Waals surface area (Å²) in [5, 5.41) is 8.30. The summed E-state index contributed by atoms with van der Waals surface area (Å²) in [5.41, 5.74) is 1.60. The zero-order chi connectivity index (χ0) is 28.1. The van der Waals surface area contributed by atoms with Crippen molar-refractivity contribution in [1.82, 2.24) is 9.66 Å². The van der Waals surface area contributed by atoms with E-state index in [1.54, 1.807) is 48.7 Å². The van der Waals surface area contributed by atoms with E-state index in [-0.39, 0.29) is 24.0 Å². The Morgan fingerprint density at radius 2 is 1.90 bits per heavy atom. The van der Waals surface area contributed by atoms with Crippen molar-refractivity contribution < 1.29 is 14.3 Å². The zero-order valence-electron chi connectivity index (χ0n) is 21.4. The van der Waals surface area contributed by atoms with E-state index in [1.165, 1.54) is 11.8 Å². The van der Waals surface area contributed by atoms with Crippen LogP contribution in [-0.4, -0.2) is 35.5 Å². The van der Waals surface area contributed by atoms with Gasteiger partial charge in [0.1, 0.15) is 5.82 Å². The van der Waals surface area contributed by atoms with Gasteiger partial charge in [-0.3, -0.25) is 9.59 Å². The van der Waals surface area contributed by atoms with E-state index >= 15 is 0 Å². The average molecular weight is 677 g/mol. The molecule has 1 heterocycles. The van der Waals surface area contributed by atoms with E-state index in [1.807, 2.05) is 26.0 Å². The fraction of sp³-hybridized carbons (Fsp3) is 0.214. The monoisotopic (exact) mass is 674 g/mol. The topological polar surface area (TPSA) is 94.8 Å². The van der Waals surface area contributed by atoms with Gasteiger partial charge in [-0.15, -0.1) is 0 Å². The van der Waals surface area contributed by atoms with Crippen LogP contribution in [0.1, 0.15) is 37.6 Å². The van der Waals surface area contributed by atoms with Crippen LogP contribution in [0.2, 0.25) is 5.02 Å². The van der Waals surface area contributed by atoms with Crippen molar-refractivity contribution in [3.05, 3.63) is 90.3 Å². The van der Waals surface area contributed by atoms with Gasteiger partial charge >= 0.3 is 0 Å². The molecular formula is C28H25Br2ClN4O4. The van der Waals surface area contributed by atoms with Gasteiger partial charge in [-0.25, -0.2) is 4.98 Å². The quantitative estimate of drug-likeness (QED) is 0.193. The molecule has 1 amide bonds. The Kier molecular flexibility index (Phi) is 9.42. The number of nitrogens with zero attached hydrogens (tertiary/aromatic N) is 3. The van der Waals surface area contributed by atoms with Gasteiger partial charge in [0.25, 0.3) is 11.5 Å². The van der Waals surface area contributed by atoms with E-state index in [0.29, 0.717) is 49.0 Å². The molecule has 0 spiro atoms. The Bertz CT molecular complexity index is 1610. The second kappa shape index (κ2) is 12.8. The van der Waals surface area contributed by atoms with Crippen LogP contribution >= 0.6 is 43.5 Å². The molecule has 0 saturated heterocycles. The molecule has 4 aromatic rings. The SMILES string of the molecule is CC[C@H](C)c1nc2ccc(Br)cc2c(=O)n1N=Cc1cc(OC)c(OCC(=O)Nc2ccc(Cl)cc2)cc1Br. The predicted molar refractivity (Wildman–Crippen MR) is 162 cm³/mol. The van der Waals surface area contributed by atoms with Gasteiger partial charge in [0.15, 0.2) is 18.1 Å². The molecule has 0 radical (unpaired) electrons. The van der Waals surface area contributed by atoms with Gasteiger partial charge in [-0.2, -0.15) is 9.78 Å². The third-order valence-electron chi connectivity index (χ3n) is 5.97. The van der Waals surface area contributed by atoms with Crippen molar-refractivity contribution in [2.24, 2.45) is 5.10 Å².